The molecule has 174 valence electrons. The second kappa shape index (κ2) is 10.7. The molecule has 1 N–H and O–H groups in total. The molecule has 7 nitrogen and oxygen atoms in total. The van der Waals surface area contributed by atoms with Gasteiger partial charge >= 0.3 is 12.1 Å². The Labute approximate surface area is 198 Å². The molecule has 1 aliphatic rings. The molecule has 0 spiro atoms. The van der Waals surface area contributed by atoms with E-state index in [0.29, 0.717) is 12.1 Å². The Hall–Kier alpha value is -4.13. The molecule has 0 heterocycles. The largest absolute Gasteiger partial charge is 0.497 e. The van der Waals surface area contributed by atoms with Gasteiger partial charge in [0.25, 0.3) is 0 Å². The number of carbonyl (C=O) groups excluding carboxylic acids is 2. The topological polar surface area (TPSA) is 86.2 Å². The number of nitrogens with zero attached hydrogens (tertiary/aromatic N) is 1. The second-order valence-corrected chi connectivity index (χ2v) is 7.99. The molecule has 0 saturated carbocycles. The van der Waals surface area contributed by atoms with Gasteiger partial charge in [0.15, 0.2) is 0 Å². The summed E-state index contributed by atoms with van der Waals surface area (Å²) >= 11 is 0. The van der Waals surface area contributed by atoms with Crippen LogP contribution < -0.4 is 10.1 Å². The smallest absolute Gasteiger partial charge is 0.407 e. The van der Waals surface area contributed by atoms with Crippen molar-refractivity contribution in [3.63, 3.8) is 0 Å². The summed E-state index contributed by atoms with van der Waals surface area (Å²) in [5.74, 6) is 0.0435. The molecular weight excluding hydrogens is 432 g/mol. The molecular formula is C27H26N2O5. The van der Waals surface area contributed by atoms with Gasteiger partial charge in [0.05, 0.1) is 12.8 Å². The van der Waals surface area contributed by atoms with Crippen LogP contribution >= 0.6 is 0 Å². The van der Waals surface area contributed by atoms with Gasteiger partial charge in [0.2, 0.25) is 0 Å². The zero-order chi connectivity index (χ0) is 23.9. The van der Waals surface area contributed by atoms with E-state index in [1.165, 1.54) is 0 Å². The number of methoxy groups -OCH3 is 1. The van der Waals surface area contributed by atoms with Crippen LogP contribution in [0.4, 0.5) is 4.79 Å². The van der Waals surface area contributed by atoms with Crippen LogP contribution in [0.1, 0.15) is 29.5 Å². The van der Waals surface area contributed by atoms with E-state index in [4.69, 9.17) is 14.3 Å². The van der Waals surface area contributed by atoms with E-state index >= 15 is 0 Å². The van der Waals surface area contributed by atoms with Crippen LogP contribution in [0.15, 0.2) is 78.0 Å². The summed E-state index contributed by atoms with van der Waals surface area (Å²) in [6.07, 6.45) is -0.158. The van der Waals surface area contributed by atoms with Gasteiger partial charge in [0, 0.05) is 12.3 Å². The number of carbonyl (C=O) groups is 2. The lowest BCUT2D eigenvalue weighted by Crippen LogP contribution is -2.31. The number of nitrogens with one attached hydrogen (secondary N) is 1. The second-order valence-electron chi connectivity index (χ2n) is 7.99. The molecule has 7 heteroatoms. The average molecular weight is 459 g/mol. The van der Waals surface area contributed by atoms with Crippen LogP contribution in [0.3, 0.4) is 0 Å². The number of ether oxygens (including phenoxy) is 2. The van der Waals surface area contributed by atoms with E-state index in [-0.39, 0.29) is 19.1 Å². The number of hydrogen-bond acceptors (Lipinski definition) is 6. The van der Waals surface area contributed by atoms with E-state index < -0.39 is 12.1 Å². The highest BCUT2D eigenvalue weighted by Gasteiger charge is 2.29. The summed E-state index contributed by atoms with van der Waals surface area (Å²) in [5.41, 5.74) is 6.18. The lowest BCUT2D eigenvalue weighted by molar-refractivity contribution is -0.142. The van der Waals surface area contributed by atoms with Crippen LogP contribution in [-0.2, 0) is 20.8 Å². The maximum absolute atomic E-state index is 12.2. The Morgan fingerprint density at radius 3 is 2.15 bits per heavy atom. The number of alkyl carbamates (subject to hydrolysis) is 1. The highest BCUT2D eigenvalue weighted by atomic mass is 16.7. The minimum atomic E-state index is -0.683. The zero-order valence-corrected chi connectivity index (χ0v) is 19.1. The first-order valence-corrected chi connectivity index (χ1v) is 11.0. The van der Waals surface area contributed by atoms with E-state index in [1.807, 2.05) is 60.7 Å². The van der Waals surface area contributed by atoms with Crippen LogP contribution in [0, 0.1) is 0 Å². The third-order valence-electron chi connectivity index (χ3n) is 5.64. The maximum atomic E-state index is 12.2. The van der Waals surface area contributed by atoms with Crippen molar-refractivity contribution in [2.75, 3.05) is 20.3 Å². The SMILES string of the molecule is COc1ccc(C/C(C)=N/OC(=O)CNC(=O)OCC2c3ccccc3-c3ccccc32)cc1. The number of amides is 1. The Morgan fingerprint density at radius 1 is 0.912 bits per heavy atom. The van der Waals surface area contributed by atoms with Crippen molar-refractivity contribution in [3.05, 3.63) is 89.5 Å². The highest BCUT2D eigenvalue weighted by molar-refractivity contribution is 5.85. The van der Waals surface area contributed by atoms with E-state index in [1.54, 1.807) is 14.0 Å². The van der Waals surface area contributed by atoms with Crippen LogP contribution in [-0.4, -0.2) is 38.0 Å². The van der Waals surface area contributed by atoms with Gasteiger partial charge in [0.1, 0.15) is 18.9 Å². The van der Waals surface area contributed by atoms with Gasteiger partial charge in [-0.1, -0.05) is 65.8 Å². The molecule has 1 aliphatic carbocycles. The molecule has 0 fully saturated rings. The van der Waals surface area contributed by atoms with Crippen molar-refractivity contribution in [2.45, 2.75) is 19.3 Å². The number of benzene rings is 3. The normalized spacial score (nSPS) is 12.5. The quantitative estimate of drug-likeness (QED) is 0.301. The lowest BCUT2D eigenvalue weighted by Gasteiger charge is -2.14. The molecule has 34 heavy (non-hydrogen) atoms. The predicted octanol–water partition coefficient (Wildman–Crippen LogP) is 4.70. The van der Waals surface area contributed by atoms with Crippen molar-refractivity contribution in [1.82, 2.24) is 5.32 Å². The first-order valence-electron chi connectivity index (χ1n) is 11.0. The first-order chi connectivity index (χ1) is 16.5. The molecule has 3 aromatic carbocycles. The first kappa shape index (κ1) is 23.0. The predicted molar refractivity (Wildman–Crippen MR) is 129 cm³/mol. The fraction of sp³-hybridized carbons (Fsp3) is 0.222. The van der Waals surface area contributed by atoms with Gasteiger partial charge in [-0.05, 0) is 46.9 Å². The summed E-state index contributed by atoms with van der Waals surface area (Å²) in [6.45, 7) is 1.60. The minimum Gasteiger partial charge on any atom is -0.497 e. The fourth-order valence-corrected chi connectivity index (χ4v) is 4.03. The molecule has 0 atom stereocenters. The summed E-state index contributed by atoms with van der Waals surface area (Å²) < 4.78 is 10.5. The third-order valence-corrected chi connectivity index (χ3v) is 5.64. The van der Waals surface area contributed by atoms with Crippen LogP contribution in [0.25, 0.3) is 11.1 Å². The van der Waals surface area contributed by atoms with Crippen molar-refractivity contribution in [1.29, 1.82) is 0 Å². The van der Waals surface area contributed by atoms with Gasteiger partial charge in [-0.2, -0.15) is 0 Å². The summed E-state index contributed by atoms with van der Waals surface area (Å²) in [5, 5.41) is 6.26. The average Bonchev–Trinajstić information content (AvgIpc) is 3.19. The number of hydrogen-bond donors (Lipinski definition) is 1. The van der Waals surface area contributed by atoms with Gasteiger partial charge in [-0.25, -0.2) is 9.59 Å². The highest BCUT2D eigenvalue weighted by Crippen LogP contribution is 2.44. The standard InChI is InChI=1S/C27H26N2O5/c1-18(15-19-11-13-20(32-2)14-12-19)29-34-26(30)16-28-27(31)33-17-25-23-9-5-3-7-21(23)22-8-4-6-10-24(22)25/h3-14,25H,15-17H2,1-2H3,(H,28,31)/b29-18+. The fourth-order valence-electron chi connectivity index (χ4n) is 4.03. The van der Waals surface area contributed by atoms with Crippen molar-refractivity contribution < 1.29 is 23.9 Å². The van der Waals surface area contributed by atoms with Crippen molar-refractivity contribution in [2.24, 2.45) is 5.16 Å². The molecule has 1 amide bonds. The number of fused-ring (bicyclic) bond motifs is 3. The van der Waals surface area contributed by atoms with Crippen LogP contribution in [0.5, 0.6) is 5.75 Å². The van der Waals surface area contributed by atoms with Gasteiger partial charge in [-0.15, -0.1) is 0 Å². The van der Waals surface area contributed by atoms with Gasteiger partial charge < -0.3 is 19.6 Å². The summed E-state index contributed by atoms with van der Waals surface area (Å²) in [4.78, 5) is 29.0. The molecule has 4 rings (SSSR count). The summed E-state index contributed by atoms with van der Waals surface area (Å²) in [7, 11) is 1.61. The lowest BCUT2D eigenvalue weighted by atomic mass is 9.98. The Bertz CT molecular complexity index is 1160. The van der Waals surface area contributed by atoms with Crippen molar-refractivity contribution in [3.8, 4) is 16.9 Å². The van der Waals surface area contributed by atoms with Crippen LogP contribution in [0.2, 0.25) is 0 Å². The third kappa shape index (κ3) is 5.43. The molecule has 0 bridgehead atoms. The molecule has 0 aromatic heterocycles. The van der Waals surface area contributed by atoms with Crippen molar-refractivity contribution >= 4 is 17.8 Å². The minimum absolute atomic E-state index is 0.0460. The number of oxime groups is 1. The Kier molecular flexibility index (Phi) is 7.22. The summed E-state index contributed by atoms with van der Waals surface area (Å²) in [6, 6.07) is 23.7. The Balaban J connectivity index is 1.23. The number of rotatable bonds is 8. The maximum Gasteiger partial charge on any atom is 0.407 e. The van der Waals surface area contributed by atoms with E-state index in [2.05, 4.69) is 22.6 Å². The monoisotopic (exact) mass is 458 g/mol. The Morgan fingerprint density at radius 2 is 1.53 bits per heavy atom. The molecule has 0 saturated heterocycles. The van der Waals surface area contributed by atoms with Gasteiger partial charge in [-0.3, -0.25) is 0 Å². The van der Waals surface area contributed by atoms with E-state index in [0.717, 1.165) is 33.6 Å². The molecule has 0 radical (unpaired) electrons. The molecule has 3 aromatic rings. The molecule has 0 unspecified atom stereocenters. The molecule has 0 aliphatic heterocycles. The zero-order valence-electron chi connectivity index (χ0n) is 19.1. The van der Waals surface area contributed by atoms with E-state index in [9.17, 15) is 9.59 Å².